The smallest absolute Gasteiger partial charge is 0.125 e. The number of aliphatic hydroxyl groups is 1. The molecule has 0 amide bonds. The molecule has 2 nitrogen and oxygen atoms in total. The Labute approximate surface area is 135 Å². The first kappa shape index (κ1) is 17.3. The molecule has 0 saturated carbocycles. The van der Waals surface area contributed by atoms with E-state index in [1.54, 1.807) is 0 Å². The van der Waals surface area contributed by atoms with Crippen LogP contribution >= 0.6 is 0 Å². The highest BCUT2D eigenvalue weighted by atomic mass is 16.5. The van der Waals surface area contributed by atoms with Crippen molar-refractivity contribution in [2.45, 2.75) is 89.8 Å². The van der Waals surface area contributed by atoms with Crippen LogP contribution in [0.5, 0.6) is 5.75 Å². The van der Waals surface area contributed by atoms with Gasteiger partial charge in [0.05, 0.1) is 6.10 Å². The first-order valence-electron chi connectivity index (χ1n) is 9.25. The molecule has 1 aliphatic rings. The normalized spacial score (nSPS) is 20.5. The second kappa shape index (κ2) is 9.89. The summed E-state index contributed by atoms with van der Waals surface area (Å²) in [6, 6.07) is 7.88. The lowest BCUT2D eigenvalue weighted by Crippen LogP contribution is -2.25. The Bertz CT molecular complexity index is 416. The van der Waals surface area contributed by atoms with Crippen molar-refractivity contribution in [3.05, 3.63) is 29.8 Å². The highest BCUT2D eigenvalue weighted by Crippen LogP contribution is 2.35. The molecule has 2 atom stereocenters. The van der Waals surface area contributed by atoms with Crippen LogP contribution in [0.3, 0.4) is 0 Å². The van der Waals surface area contributed by atoms with Gasteiger partial charge >= 0.3 is 0 Å². The summed E-state index contributed by atoms with van der Waals surface area (Å²) in [7, 11) is 0. The standard InChI is InChI=1S/C20H32O2/c1-2-3-4-5-6-7-8-9-10-13-17-16-19(21)18-14-11-12-15-20(18)22-17/h11-12,14-15,17,19,21H,2-10,13,16H2,1H3. The lowest BCUT2D eigenvalue weighted by atomic mass is 9.96. The fourth-order valence-electron chi connectivity index (χ4n) is 3.33. The molecule has 2 heteroatoms. The van der Waals surface area contributed by atoms with Crippen LogP contribution in [0.4, 0.5) is 0 Å². The molecule has 1 aromatic rings. The van der Waals surface area contributed by atoms with E-state index in [9.17, 15) is 5.11 Å². The first-order chi connectivity index (χ1) is 10.8. The number of para-hydroxylation sites is 1. The molecule has 2 rings (SSSR count). The van der Waals surface area contributed by atoms with Gasteiger partial charge in [-0.05, 0) is 18.9 Å². The molecule has 1 heterocycles. The van der Waals surface area contributed by atoms with Crippen molar-refractivity contribution in [3.63, 3.8) is 0 Å². The van der Waals surface area contributed by atoms with Crippen molar-refractivity contribution in [1.29, 1.82) is 0 Å². The fraction of sp³-hybridized carbons (Fsp3) is 0.700. The van der Waals surface area contributed by atoms with Crippen molar-refractivity contribution in [1.82, 2.24) is 0 Å². The van der Waals surface area contributed by atoms with Crippen molar-refractivity contribution in [2.75, 3.05) is 0 Å². The van der Waals surface area contributed by atoms with E-state index in [2.05, 4.69) is 6.92 Å². The summed E-state index contributed by atoms with van der Waals surface area (Å²) < 4.78 is 6.01. The van der Waals surface area contributed by atoms with Crippen LogP contribution in [0.15, 0.2) is 24.3 Å². The number of hydrogen-bond acceptors (Lipinski definition) is 2. The summed E-state index contributed by atoms with van der Waals surface area (Å²) in [6.07, 6.45) is 13.8. The zero-order valence-corrected chi connectivity index (χ0v) is 14.1. The monoisotopic (exact) mass is 304 g/mol. The van der Waals surface area contributed by atoms with Crippen molar-refractivity contribution in [3.8, 4) is 5.75 Å². The quantitative estimate of drug-likeness (QED) is 0.554. The summed E-state index contributed by atoms with van der Waals surface area (Å²) in [5, 5.41) is 10.2. The van der Waals surface area contributed by atoms with E-state index in [-0.39, 0.29) is 12.2 Å². The van der Waals surface area contributed by atoms with E-state index < -0.39 is 0 Å². The van der Waals surface area contributed by atoms with Gasteiger partial charge < -0.3 is 9.84 Å². The summed E-state index contributed by atoms with van der Waals surface area (Å²) in [5.74, 6) is 0.877. The molecule has 1 aromatic carbocycles. The Morgan fingerprint density at radius 2 is 1.59 bits per heavy atom. The van der Waals surface area contributed by atoms with Crippen LogP contribution in [0, 0.1) is 0 Å². The number of rotatable bonds is 10. The van der Waals surface area contributed by atoms with E-state index >= 15 is 0 Å². The minimum absolute atomic E-state index is 0.189. The molecule has 0 aliphatic carbocycles. The van der Waals surface area contributed by atoms with E-state index in [1.165, 1.54) is 57.8 Å². The summed E-state index contributed by atoms with van der Waals surface area (Å²) >= 11 is 0. The molecule has 1 aliphatic heterocycles. The zero-order valence-electron chi connectivity index (χ0n) is 14.1. The zero-order chi connectivity index (χ0) is 15.6. The van der Waals surface area contributed by atoms with Crippen molar-refractivity contribution < 1.29 is 9.84 Å². The molecule has 0 radical (unpaired) electrons. The van der Waals surface area contributed by atoms with Crippen LogP contribution in [-0.2, 0) is 0 Å². The number of aliphatic hydroxyl groups excluding tert-OH is 1. The Balaban J connectivity index is 1.55. The number of benzene rings is 1. The van der Waals surface area contributed by atoms with E-state index in [0.717, 1.165) is 24.2 Å². The topological polar surface area (TPSA) is 29.5 Å². The van der Waals surface area contributed by atoms with Gasteiger partial charge in [-0.1, -0.05) is 76.5 Å². The largest absolute Gasteiger partial charge is 0.490 e. The highest BCUT2D eigenvalue weighted by molar-refractivity contribution is 5.36. The number of unbranched alkanes of at least 4 members (excludes halogenated alkanes) is 8. The van der Waals surface area contributed by atoms with Gasteiger partial charge in [-0.15, -0.1) is 0 Å². The summed E-state index contributed by atoms with van der Waals surface area (Å²) in [4.78, 5) is 0. The third-order valence-electron chi connectivity index (χ3n) is 4.69. The SMILES string of the molecule is CCCCCCCCCCCC1CC(O)c2ccccc2O1. The number of ether oxygens (including phenoxy) is 1. The van der Waals surface area contributed by atoms with Gasteiger partial charge in [0.15, 0.2) is 0 Å². The van der Waals surface area contributed by atoms with Crippen LogP contribution < -0.4 is 4.74 Å². The molecule has 1 N–H and O–H groups in total. The average Bonchev–Trinajstić information content (AvgIpc) is 2.53. The van der Waals surface area contributed by atoms with Gasteiger partial charge in [0, 0.05) is 12.0 Å². The van der Waals surface area contributed by atoms with E-state index in [1.807, 2.05) is 24.3 Å². The van der Waals surface area contributed by atoms with E-state index in [0.29, 0.717) is 0 Å². The molecule has 124 valence electrons. The van der Waals surface area contributed by atoms with Gasteiger partial charge in [-0.2, -0.15) is 0 Å². The molecule has 0 bridgehead atoms. The maximum atomic E-state index is 10.2. The Hall–Kier alpha value is -1.02. The van der Waals surface area contributed by atoms with Crippen LogP contribution in [0.25, 0.3) is 0 Å². The molecule has 0 spiro atoms. The number of fused-ring (bicyclic) bond motifs is 1. The molecule has 22 heavy (non-hydrogen) atoms. The average molecular weight is 304 g/mol. The second-order valence-electron chi connectivity index (χ2n) is 6.65. The molecule has 0 fully saturated rings. The Kier molecular flexibility index (Phi) is 7.79. The van der Waals surface area contributed by atoms with Gasteiger partial charge in [0.2, 0.25) is 0 Å². The van der Waals surface area contributed by atoms with Crippen LogP contribution in [0.2, 0.25) is 0 Å². The second-order valence-corrected chi connectivity index (χ2v) is 6.65. The summed E-state index contributed by atoms with van der Waals surface area (Å²) in [6.45, 7) is 2.27. The van der Waals surface area contributed by atoms with E-state index in [4.69, 9.17) is 4.74 Å². The predicted molar refractivity (Wildman–Crippen MR) is 92.3 cm³/mol. The van der Waals surface area contributed by atoms with Crippen molar-refractivity contribution in [2.24, 2.45) is 0 Å². The summed E-state index contributed by atoms with van der Waals surface area (Å²) in [5.41, 5.74) is 0.950. The Morgan fingerprint density at radius 1 is 0.955 bits per heavy atom. The fourth-order valence-corrected chi connectivity index (χ4v) is 3.33. The third kappa shape index (κ3) is 5.64. The minimum Gasteiger partial charge on any atom is -0.490 e. The van der Waals surface area contributed by atoms with Crippen molar-refractivity contribution >= 4 is 0 Å². The molecular formula is C20H32O2. The first-order valence-corrected chi connectivity index (χ1v) is 9.25. The third-order valence-corrected chi connectivity index (χ3v) is 4.69. The molecular weight excluding hydrogens is 272 g/mol. The lowest BCUT2D eigenvalue weighted by molar-refractivity contribution is 0.0605. The van der Waals surface area contributed by atoms with Crippen LogP contribution in [0.1, 0.15) is 89.2 Å². The predicted octanol–water partition coefficient (Wildman–Crippen LogP) is 5.79. The van der Waals surface area contributed by atoms with Crippen LogP contribution in [-0.4, -0.2) is 11.2 Å². The van der Waals surface area contributed by atoms with Gasteiger partial charge in [0.25, 0.3) is 0 Å². The van der Waals surface area contributed by atoms with Gasteiger partial charge in [-0.3, -0.25) is 0 Å². The lowest BCUT2D eigenvalue weighted by Gasteiger charge is -2.29. The Morgan fingerprint density at radius 3 is 2.32 bits per heavy atom. The minimum atomic E-state index is -0.353. The van der Waals surface area contributed by atoms with Gasteiger partial charge in [0.1, 0.15) is 11.9 Å². The molecule has 0 saturated heterocycles. The highest BCUT2D eigenvalue weighted by Gasteiger charge is 2.25. The maximum absolute atomic E-state index is 10.2. The maximum Gasteiger partial charge on any atom is 0.125 e. The van der Waals surface area contributed by atoms with Gasteiger partial charge in [-0.25, -0.2) is 0 Å². The number of hydrogen-bond donors (Lipinski definition) is 1. The molecule has 2 unspecified atom stereocenters. The molecule has 0 aromatic heterocycles.